The van der Waals surface area contributed by atoms with Gasteiger partial charge in [-0.3, -0.25) is 24.0 Å². The number of hydrogen-bond acceptors (Lipinski definition) is 22. The van der Waals surface area contributed by atoms with Crippen molar-refractivity contribution < 1.29 is 77.8 Å². The third-order valence-electron chi connectivity index (χ3n) is 25.5. The molecule has 1 aromatic rings. The van der Waals surface area contributed by atoms with Gasteiger partial charge in [-0.1, -0.05) is 382 Å². The molecule has 5 N–H and O–H groups in total. The third-order valence-corrected chi connectivity index (χ3v) is 25.5. The van der Waals surface area contributed by atoms with Gasteiger partial charge in [-0.05, 0) is 246 Å². The molecule has 1 aliphatic rings. The molecule has 0 saturated carbocycles. The SMILES string of the molecule is CCCCCCCON.CCCCCCCON1C(=O)c2ccccc2C1=O.CCCCCCCON=CCCCCCCCCC(CCCCCCCCC=NOCCCCCCC)OC(=O)CCCN(C)C.CCCCCCCON=CCCCCCCCCC(O)CCCCCCCCC=NOCCCCCCC.CN(C)CCCC(=O)O.Cl.O=CCCCCCCCCC(O)CCCCCCCCC=O. The Morgan fingerprint density at radius 3 is 0.826 bits per heavy atom. The van der Waals surface area contributed by atoms with E-state index in [4.69, 9.17) is 39.9 Å². The topological polar surface area (TPSA) is 313 Å². The van der Waals surface area contributed by atoms with Gasteiger partial charge in [0.2, 0.25) is 0 Å². The van der Waals surface area contributed by atoms with E-state index in [2.05, 4.69) is 71.9 Å². The van der Waals surface area contributed by atoms with Crippen molar-refractivity contribution in [2.45, 2.75) is 586 Å². The van der Waals surface area contributed by atoms with Crippen LogP contribution in [0.25, 0.3) is 0 Å². The van der Waals surface area contributed by atoms with Crippen molar-refractivity contribution >= 4 is 73.6 Å². The zero-order chi connectivity index (χ0) is 105. The Morgan fingerprint density at radius 1 is 0.326 bits per heavy atom. The molecular weight excluding hydrogens is 1830 g/mol. The van der Waals surface area contributed by atoms with Crippen LogP contribution in [0, 0.1) is 0 Å². The van der Waals surface area contributed by atoms with E-state index in [0.717, 1.165) is 231 Å². The van der Waals surface area contributed by atoms with Crippen LogP contribution in [-0.4, -0.2) is 191 Å². The lowest BCUT2D eigenvalue weighted by Crippen LogP contribution is -2.30. The predicted octanol–water partition coefficient (Wildman–Crippen LogP) is 32.8. The lowest BCUT2D eigenvalue weighted by atomic mass is 10.0. The molecule has 0 spiro atoms. The molecule has 0 fully saturated rings. The summed E-state index contributed by atoms with van der Waals surface area (Å²) < 4.78 is 5.97. The summed E-state index contributed by atoms with van der Waals surface area (Å²) in [6.07, 6.45) is 104. The van der Waals surface area contributed by atoms with Crippen molar-refractivity contribution in [3.8, 4) is 0 Å². The molecule has 0 atom stereocenters. The number of aliphatic hydroxyl groups is 2. The Morgan fingerprint density at radius 2 is 0.562 bits per heavy atom. The number of hydrogen-bond donors (Lipinski definition) is 4. The predicted molar refractivity (Wildman–Crippen MR) is 609 cm³/mol. The number of carbonyl (C=O) groups is 6. The number of carboxylic acids is 1. The molecule has 0 bridgehead atoms. The number of nitrogens with zero attached hydrogens (tertiary/aromatic N) is 7. The Hall–Kier alpha value is -5.47. The van der Waals surface area contributed by atoms with Crippen LogP contribution < -0.4 is 5.90 Å². The van der Waals surface area contributed by atoms with E-state index in [1.807, 2.05) is 57.9 Å². The van der Waals surface area contributed by atoms with Gasteiger partial charge in [0.15, 0.2) is 0 Å². The molecular formula is C119H229ClN8O16. The number of benzene rings is 1. The molecule has 24 nitrogen and oxygen atoms in total. The number of ether oxygens (including phenoxy) is 1. The summed E-state index contributed by atoms with van der Waals surface area (Å²) in [5.41, 5.74) is 0.858. The minimum atomic E-state index is -0.711. The number of esters is 1. The first-order valence-corrected chi connectivity index (χ1v) is 59.4. The fourth-order valence-electron chi connectivity index (χ4n) is 16.4. The van der Waals surface area contributed by atoms with Crippen LogP contribution in [0.2, 0.25) is 0 Å². The van der Waals surface area contributed by atoms with E-state index in [1.54, 1.807) is 24.3 Å². The lowest BCUT2D eigenvalue weighted by molar-refractivity contribution is -0.150. The molecule has 0 unspecified atom stereocenters. The molecule has 0 aliphatic carbocycles. The van der Waals surface area contributed by atoms with E-state index in [1.165, 1.54) is 327 Å². The van der Waals surface area contributed by atoms with Crippen LogP contribution in [-0.2, 0) is 52.9 Å². The molecule has 144 heavy (non-hydrogen) atoms. The van der Waals surface area contributed by atoms with Crippen LogP contribution in [0.15, 0.2) is 44.9 Å². The van der Waals surface area contributed by atoms with Crippen molar-refractivity contribution in [3.05, 3.63) is 35.4 Å². The Kier molecular flexibility index (Phi) is 131. The highest BCUT2D eigenvalue weighted by molar-refractivity contribution is 6.20. The number of oxime groups is 4. The summed E-state index contributed by atoms with van der Waals surface area (Å²) in [5.74, 6) is 3.41. The van der Waals surface area contributed by atoms with E-state index in [9.17, 15) is 39.0 Å². The van der Waals surface area contributed by atoms with E-state index in [0.29, 0.717) is 43.6 Å². The minimum absolute atomic E-state index is 0. The second-order valence-electron chi connectivity index (χ2n) is 40.3. The monoisotopic (exact) mass is 2060 g/mol. The maximum absolute atomic E-state index is 12.5. The molecule has 2 rings (SSSR count). The minimum Gasteiger partial charge on any atom is -0.481 e. The van der Waals surface area contributed by atoms with Gasteiger partial charge in [0.05, 0.1) is 36.5 Å². The van der Waals surface area contributed by atoms with Gasteiger partial charge in [0.25, 0.3) is 11.8 Å². The summed E-state index contributed by atoms with van der Waals surface area (Å²) in [6.45, 7) is 19.3. The van der Waals surface area contributed by atoms with Crippen molar-refractivity contribution in [2.75, 3.05) is 80.9 Å². The summed E-state index contributed by atoms with van der Waals surface area (Å²) in [6, 6.07) is 6.80. The van der Waals surface area contributed by atoms with Crippen LogP contribution in [0.3, 0.4) is 0 Å². The molecule has 1 aromatic carbocycles. The highest BCUT2D eigenvalue weighted by Crippen LogP contribution is 2.25. The number of carbonyl (C=O) groups excluding carboxylic acids is 5. The number of imide groups is 1. The lowest BCUT2D eigenvalue weighted by Gasteiger charge is -2.18. The van der Waals surface area contributed by atoms with Gasteiger partial charge in [-0.2, -0.15) is 0 Å². The van der Waals surface area contributed by atoms with E-state index >= 15 is 0 Å². The van der Waals surface area contributed by atoms with Gasteiger partial charge in [0, 0.05) is 50.5 Å². The number of rotatable bonds is 104. The number of hydroxylamine groups is 2. The average Bonchev–Trinajstić information content (AvgIpc) is 1.64. The van der Waals surface area contributed by atoms with Gasteiger partial charge in [-0.15, -0.1) is 17.5 Å². The summed E-state index contributed by atoms with van der Waals surface area (Å²) >= 11 is 0. The highest BCUT2D eigenvalue weighted by atomic mass is 35.5. The van der Waals surface area contributed by atoms with Crippen LogP contribution >= 0.6 is 12.4 Å². The zero-order valence-electron chi connectivity index (χ0n) is 94.9. The van der Waals surface area contributed by atoms with Gasteiger partial charge < -0.3 is 63.6 Å². The zero-order valence-corrected chi connectivity index (χ0v) is 95.7. The Balaban J connectivity index is -0.000000583. The second-order valence-corrected chi connectivity index (χ2v) is 40.3. The number of amides is 2. The molecule has 2 amide bonds. The normalized spacial score (nSPS) is 12.1. The average molecular weight is 2060 g/mol. The fraction of sp³-hybridized carbons (Fsp3) is 0.866. The molecule has 1 aliphatic heterocycles. The third kappa shape index (κ3) is 122. The summed E-state index contributed by atoms with van der Waals surface area (Å²) in [4.78, 5) is 102. The maximum atomic E-state index is 12.5. The Labute approximate surface area is 890 Å². The van der Waals surface area contributed by atoms with Gasteiger partial charge in [-0.25, -0.2) is 5.90 Å². The standard InChI is InChI=1S/C39H77N3O4.C33H66N2O3.C19H36O3.C15H19NO3.C7H17NO.C6H13NO2.ClH/c1-5-7-9-21-27-36-44-40-33-25-19-15-11-13-17-23-30-38(46-39(43)32-29-35-42(3)4)31-24-18-14-12-16-20-26-34-41-45-37-28-22-10-8-6-2;1-3-5-7-19-25-31-37-34-29-23-17-13-9-11-15-21-27-33(36)28-22-16-12-10-14-18-24-30-35-38-32-26-20-8-6-4-2;20-17-13-9-5-1-3-7-11-15-19(22)16-12-8-4-2-6-10-14-18-21;1-2-3-4-5-8-11-19-16-14(17)12-9-6-7-10-13(12)15(16)18;1-2-3-4-5-6-7-9-8;1-7(2)5-3-4-6(8)9;/h33-34,38H,5-32,35-37H2,1-4H3;29-30,33,36H,3-28,31-32H2,1-2H3;17-19,22H,1-16H2;6-7,9-10H,2-5,8,11H2,1H3;2-8H2,1H3;3-5H2,1-2H3,(H,8,9);1H. The van der Waals surface area contributed by atoms with Crippen molar-refractivity contribution in [1.29, 1.82) is 0 Å². The first-order valence-electron chi connectivity index (χ1n) is 59.4. The quantitative estimate of drug-likeness (QED) is 0.0118. The fourth-order valence-corrected chi connectivity index (χ4v) is 16.4. The number of halogens is 1. The second kappa shape index (κ2) is 128. The number of aldehydes is 2. The Bertz CT molecular complexity index is 2740. The van der Waals surface area contributed by atoms with Crippen molar-refractivity contribution in [2.24, 2.45) is 26.5 Å². The largest absolute Gasteiger partial charge is 0.481 e. The number of nitrogens with two attached hydrogens (primary N) is 1. The number of fused-ring (bicyclic) bond motifs is 1. The summed E-state index contributed by atoms with van der Waals surface area (Å²) in [7, 11) is 7.96. The number of unbranched alkanes of at least 4 members (excludes halogenated alkanes) is 60. The first-order chi connectivity index (χ1) is 70.0. The van der Waals surface area contributed by atoms with Crippen molar-refractivity contribution in [3.63, 3.8) is 0 Å². The number of aliphatic hydroxyl groups excluding tert-OH is 2. The van der Waals surface area contributed by atoms with Gasteiger partial charge >= 0.3 is 11.9 Å². The van der Waals surface area contributed by atoms with E-state index in [-0.39, 0.29) is 54.9 Å². The smallest absolute Gasteiger partial charge is 0.306 e. The highest BCUT2D eigenvalue weighted by Gasteiger charge is 2.36. The molecule has 25 heteroatoms. The molecule has 0 aromatic heterocycles. The molecule has 1 heterocycles. The molecule has 848 valence electrons. The van der Waals surface area contributed by atoms with Crippen LogP contribution in [0.5, 0.6) is 0 Å². The van der Waals surface area contributed by atoms with Crippen molar-refractivity contribution in [1.82, 2.24) is 14.9 Å². The van der Waals surface area contributed by atoms with Gasteiger partial charge in [0.1, 0.15) is 45.1 Å². The molecule has 0 saturated heterocycles. The number of aliphatic carboxylic acids is 1. The molecule has 0 radical (unpaired) electrons. The number of carboxylic acid groups (broad SMARTS) is 1. The van der Waals surface area contributed by atoms with E-state index < -0.39 is 5.97 Å². The van der Waals surface area contributed by atoms with Crippen LogP contribution in [0.1, 0.15) is 589 Å². The van der Waals surface area contributed by atoms with Crippen LogP contribution in [0.4, 0.5) is 0 Å². The maximum Gasteiger partial charge on any atom is 0.306 e. The summed E-state index contributed by atoms with van der Waals surface area (Å²) in [5, 5.41) is 45.6. The first kappa shape index (κ1) is 147.